The summed E-state index contributed by atoms with van der Waals surface area (Å²) in [4.78, 5) is 7.84. The Morgan fingerprint density at radius 1 is 1.07 bits per heavy atom. The number of hydrogen-bond acceptors (Lipinski definition) is 4. The van der Waals surface area contributed by atoms with Crippen LogP contribution < -0.4 is 5.32 Å². The Labute approximate surface area is 87.6 Å². The number of rotatable bonds is 3. The fourth-order valence-corrected chi connectivity index (χ4v) is 1.19. The van der Waals surface area contributed by atoms with E-state index < -0.39 is 0 Å². The van der Waals surface area contributed by atoms with Gasteiger partial charge >= 0.3 is 0 Å². The summed E-state index contributed by atoms with van der Waals surface area (Å²) in [6.07, 6.45) is 2.72. The van der Waals surface area contributed by atoms with Crippen LogP contribution in [0.15, 0.2) is 42.7 Å². The minimum absolute atomic E-state index is 0.0697. The molecule has 4 heteroatoms. The van der Waals surface area contributed by atoms with Crippen molar-refractivity contribution >= 4 is 5.95 Å². The molecule has 0 saturated heterocycles. The van der Waals surface area contributed by atoms with E-state index in [1.807, 2.05) is 30.3 Å². The molecule has 0 aliphatic carbocycles. The Bertz CT molecular complexity index is 414. The minimum atomic E-state index is 0.0697. The van der Waals surface area contributed by atoms with Crippen LogP contribution in [0.25, 0.3) is 0 Å². The predicted octanol–water partition coefficient (Wildman–Crippen LogP) is 1.79. The highest BCUT2D eigenvalue weighted by Gasteiger charge is 1.95. The molecule has 0 atom stereocenters. The highest BCUT2D eigenvalue weighted by atomic mass is 16.3. The van der Waals surface area contributed by atoms with Gasteiger partial charge in [-0.2, -0.15) is 0 Å². The summed E-state index contributed by atoms with van der Waals surface area (Å²) in [5, 5.41) is 12.0. The second kappa shape index (κ2) is 4.41. The Morgan fingerprint density at radius 3 is 2.40 bits per heavy atom. The quantitative estimate of drug-likeness (QED) is 0.794. The minimum Gasteiger partial charge on any atom is -0.505 e. The van der Waals surface area contributed by atoms with Gasteiger partial charge in [-0.15, -0.1) is 0 Å². The van der Waals surface area contributed by atoms with Crippen molar-refractivity contribution in [1.82, 2.24) is 9.97 Å². The maximum absolute atomic E-state index is 8.99. The first-order valence-corrected chi connectivity index (χ1v) is 4.63. The topological polar surface area (TPSA) is 58.0 Å². The van der Waals surface area contributed by atoms with Crippen molar-refractivity contribution in [2.75, 3.05) is 5.32 Å². The van der Waals surface area contributed by atoms with Gasteiger partial charge in [0, 0.05) is 6.54 Å². The first kappa shape index (κ1) is 9.45. The molecule has 1 aromatic heterocycles. The van der Waals surface area contributed by atoms with E-state index in [9.17, 15) is 0 Å². The first-order valence-electron chi connectivity index (χ1n) is 4.63. The van der Waals surface area contributed by atoms with Crippen LogP contribution in [0.2, 0.25) is 0 Å². The largest absolute Gasteiger partial charge is 0.505 e. The summed E-state index contributed by atoms with van der Waals surface area (Å²) in [6.45, 7) is 0.672. The third-order valence-corrected chi connectivity index (χ3v) is 1.93. The van der Waals surface area contributed by atoms with E-state index in [2.05, 4.69) is 15.3 Å². The number of anilines is 1. The van der Waals surface area contributed by atoms with E-state index in [1.54, 1.807) is 0 Å². The monoisotopic (exact) mass is 201 g/mol. The lowest BCUT2D eigenvalue weighted by atomic mass is 10.2. The molecule has 2 rings (SSSR count). The highest BCUT2D eigenvalue weighted by molar-refractivity contribution is 5.28. The van der Waals surface area contributed by atoms with Crippen LogP contribution in [0.5, 0.6) is 5.75 Å². The van der Waals surface area contributed by atoms with Crippen molar-refractivity contribution in [2.24, 2.45) is 0 Å². The van der Waals surface area contributed by atoms with Gasteiger partial charge in [-0.05, 0) is 5.56 Å². The van der Waals surface area contributed by atoms with Gasteiger partial charge in [0.2, 0.25) is 5.95 Å². The smallest absolute Gasteiger partial charge is 0.223 e. The summed E-state index contributed by atoms with van der Waals surface area (Å²) in [5.74, 6) is 0.580. The van der Waals surface area contributed by atoms with Crippen LogP contribution in [0.4, 0.5) is 5.95 Å². The zero-order chi connectivity index (χ0) is 10.5. The van der Waals surface area contributed by atoms with E-state index >= 15 is 0 Å². The number of benzene rings is 1. The van der Waals surface area contributed by atoms with Crippen LogP contribution in [-0.2, 0) is 6.54 Å². The molecule has 0 radical (unpaired) electrons. The summed E-state index contributed by atoms with van der Waals surface area (Å²) in [7, 11) is 0. The number of nitrogens with one attached hydrogen (secondary N) is 1. The fraction of sp³-hybridized carbons (Fsp3) is 0.0909. The molecule has 0 fully saturated rings. The zero-order valence-electron chi connectivity index (χ0n) is 8.09. The Balaban J connectivity index is 1.96. The van der Waals surface area contributed by atoms with Gasteiger partial charge in [0.1, 0.15) is 0 Å². The Morgan fingerprint density at radius 2 is 1.73 bits per heavy atom. The van der Waals surface area contributed by atoms with E-state index in [1.165, 1.54) is 12.4 Å². The van der Waals surface area contributed by atoms with Crippen LogP contribution in [0.3, 0.4) is 0 Å². The molecule has 0 bridgehead atoms. The van der Waals surface area contributed by atoms with Crippen molar-refractivity contribution in [3.63, 3.8) is 0 Å². The molecule has 0 unspecified atom stereocenters. The van der Waals surface area contributed by atoms with E-state index in [0.29, 0.717) is 12.5 Å². The molecule has 2 N–H and O–H groups in total. The van der Waals surface area contributed by atoms with Gasteiger partial charge in [0.25, 0.3) is 0 Å². The molecule has 4 nitrogen and oxygen atoms in total. The van der Waals surface area contributed by atoms with Crippen molar-refractivity contribution in [3.8, 4) is 5.75 Å². The number of aromatic nitrogens is 2. The number of nitrogens with zero attached hydrogens (tertiary/aromatic N) is 2. The van der Waals surface area contributed by atoms with E-state index in [4.69, 9.17) is 5.11 Å². The van der Waals surface area contributed by atoms with E-state index in [0.717, 1.165) is 5.56 Å². The molecule has 1 aromatic carbocycles. The number of hydrogen-bond donors (Lipinski definition) is 2. The third kappa shape index (κ3) is 2.67. The number of aromatic hydroxyl groups is 1. The molecule has 0 aliphatic rings. The van der Waals surface area contributed by atoms with Crippen molar-refractivity contribution in [2.45, 2.75) is 6.54 Å². The first-order chi connectivity index (χ1) is 7.34. The van der Waals surface area contributed by atoms with Crippen molar-refractivity contribution < 1.29 is 5.11 Å². The van der Waals surface area contributed by atoms with Crippen LogP contribution >= 0.6 is 0 Å². The SMILES string of the molecule is Oc1cnc(NCc2ccccc2)nc1. The third-order valence-electron chi connectivity index (χ3n) is 1.93. The molecule has 1 heterocycles. The summed E-state index contributed by atoms with van der Waals surface area (Å²) >= 11 is 0. The molecular weight excluding hydrogens is 190 g/mol. The molecule has 2 aromatic rings. The van der Waals surface area contributed by atoms with Gasteiger partial charge in [0.15, 0.2) is 5.75 Å². The van der Waals surface area contributed by atoms with Gasteiger partial charge < -0.3 is 10.4 Å². The summed E-state index contributed by atoms with van der Waals surface area (Å²) in [5.41, 5.74) is 1.16. The van der Waals surface area contributed by atoms with Crippen molar-refractivity contribution in [1.29, 1.82) is 0 Å². The summed E-state index contributed by atoms with van der Waals surface area (Å²) < 4.78 is 0. The average molecular weight is 201 g/mol. The molecule has 0 spiro atoms. The average Bonchev–Trinajstić information content (AvgIpc) is 2.30. The normalized spacial score (nSPS) is 9.87. The van der Waals surface area contributed by atoms with Crippen LogP contribution in [-0.4, -0.2) is 15.1 Å². The van der Waals surface area contributed by atoms with Crippen molar-refractivity contribution in [3.05, 3.63) is 48.3 Å². The molecule has 15 heavy (non-hydrogen) atoms. The Kier molecular flexibility index (Phi) is 2.78. The highest BCUT2D eigenvalue weighted by Crippen LogP contribution is 2.06. The molecule has 76 valence electrons. The van der Waals surface area contributed by atoms with Gasteiger partial charge in [-0.25, -0.2) is 9.97 Å². The lowest BCUT2D eigenvalue weighted by molar-refractivity contribution is 0.470. The van der Waals surface area contributed by atoms with Gasteiger partial charge in [0.05, 0.1) is 12.4 Å². The molecule has 0 amide bonds. The zero-order valence-corrected chi connectivity index (χ0v) is 8.09. The van der Waals surface area contributed by atoms with Crippen LogP contribution in [0.1, 0.15) is 5.56 Å². The van der Waals surface area contributed by atoms with Gasteiger partial charge in [-0.3, -0.25) is 0 Å². The maximum Gasteiger partial charge on any atom is 0.223 e. The van der Waals surface area contributed by atoms with E-state index in [-0.39, 0.29) is 5.75 Å². The molecule has 0 saturated carbocycles. The standard InChI is InChI=1S/C11H11N3O/c15-10-7-13-11(14-8-10)12-6-9-4-2-1-3-5-9/h1-5,7-8,15H,6H2,(H,12,13,14). The second-order valence-corrected chi connectivity index (χ2v) is 3.10. The maximum atomic E-state index is 8.99. The fourth-order valence-electron chi connectivity index (χ4n) is 1.19. The second-order valence-electron chi connectivity index (χ2n) is 3.10. The lowest BCUT2D eigenvalue weighted by Crippen LogP contribution is -2.02. The lowest BCUT2D eigenvalue weighted by Gasteiger charge is -2.03. The molecule has 0 aliphatic heterocycles. The Hall–Kier alpha value is -2.10. The van der Waals surface area contributed by atoms with Gasteiger partial charge in [-0.1, -0.05) is 30.3 Å². The predicted molar refractivity (Wildman–Crippen MR) is 57.5 cm³/mol. The molecular formula is C11H11N3O. The summed E-state index contributed by atoms with van der Waals surface area (Å²) in [6, 6.07) is 9.98. The van der Waals surface area contributed by atoms with Crippen LogP contribution in [0, 0.1) is 0 Å².